The van der Waals surface area contributed by atoms with E-state index in [1.165, 1.54) is 0 Å². The molecule has 1 aromatic carbocycles. The van der Waals surface area contributed by atoms with Crippen molar-refractivity contribution in [3.05, 3.63) is 51.8 Å². The minimum absolute atomic E-state index is 0.182. The second kappa shape index (κ2) is 7.52. The summed E-state index contributed by atoms with van der Waals surface area (Å²) in [5, 5.41) is 0.874. The maximum absolute atomic E-state index is 13.1. The second-order valence-corrected chi connectivity index (χ2v) is 7.52. The minimum Gasteiger partial charge on any atom is -0.462 e. The number of nitrogens with one attached hydrogen (secondary N) is 1. The monoisotopic (exact) mass is 385 g/mol. The zero-order valence-electron chi connectivity index (χ0n) is 16.1. The van der Waals surface area contributed by atoms with Gasteiger partial charge in [-0.25, -0.2) is 9.78 Å². The van der Waals surface area contributed by atoms with Gasteiger partial charge in [-0.1, -0.05) is 12.1 Å². The predicted molar refractivity (Wildman–Crippen MR) is 106 cm³/mol. The second-order valence-electron chi connectivity index (χ2n) is 6.46. The maximum atomic E-state index is 13.1. The topological polar surface area (TPSA) is 75.3 Å². The molecule has 0 aliphatic heterocycles. The Kier molecular flexibility index (Phi) is 5.32. The lowest BCUT2D eigenvalue weighted by molar-refractivity contribution is 0.0525. The number of aromatic amines is 1. The van der Waals surface area contributed by atoms with Crippen LogP contribution in [0.25, 0.3) is 10.2 Å². The normalized spacial score (nSPS) is 12.2. The number of thiazole rings is 1. The van der Waals surface area contributed by atoms with Gasteiger partial charge in [0.05, 0.1) is 28.4 Å². The van der Waals surface area contributed by atoms with Crippen molar-refractivity contribution >= 4 is 33.4 Å². The van der Waals surface area contributed by atoms with Crippen molar-refractivity contribution in [3.8, 4) is 0 Å². The van der Waals surface area contributed by atoms with Crippen LogP contribution >= 0.6 is 11.3 Å². The van der Waals surface area contributed by atoms with Gasteiger partial charge in [0.2, 0.25) is 0 Å². The Labute approximate surface area is 162 Å². The lowest BCUT2D eigenvalue weighted by Crippen LogP contribution is -2.30. The summed E-state index contributed by atoms with van der Waals surface area (Å²) in [7, 11) is 1.75. The van der Waals surface area contributed by atoms with Crippen LogP contribution < -0.4 is 0 Å². The van der Waals surface area contributed by atoms with E-state index in [4.69, 9.17) is 4.74 Å². The molecule has 3 aromatic rings. The molecule has 0 radical (unpaired) electrons. The zero-order valence-corrected chi connectivity index (χ0v) is 16.9. The van der Waals surface area contributed by atoms with E-state index in [9.17, 15) is 9.59 Å². The molecule has 1 unspecified atom stereocenters. The first-order valence-corrected chi connectivity index (χ1v) is 9.65. The molecule has 1 N–H and O–H groups in total. The van der Waals surface area contributed by atoms with E-state index in [1.54, 1.807) is 44.1 Å². The van der Waals surface area contributed by atoms with Crippen LogP contribution in [0.4, 0.5) is 0 Å². The highest BCUT2D eigenvalue weighted by Crippen LogP contribution is 2.30. The first kappa shape index (κ1) is 19.1. The standard InChI is InChI=1S/C20H23N3O3S/c1-6-26-20(25)16-11(2)17(21-12(16)3)19(24)23(5)13(4)18-22-14-9-7-8-10-15(14)27-18/h7-10,13,21H,6H2,1-5H3. The van der Waals surface area contributed by atoms with Crippen molar-refractivity contribution in [1.82, 2.24) is 14.9 Å². The molecule has 1 atom stereocenters. The van der Waals surface area contributed by atoms with E-state index in [2.05, 4.69) is 9.97 Å². The van der Waals surface area contributed by atoms with Crippen LogP contribution in [0.2, 0.25) is 0 Å². The fourth-order valence-corrected chi connectivity index (χ4v) is 4.12. The van der Waals surface area contributed by atoms with E-state index >= 15 is 0 Å². The van der Waals surface area contributed by atoms with Crippen molar-refractivity contribution in [1.29, 1.82) is 0 Å². The summed E-state index contributed by atoms with van der Waals surface area (Å²) in [5.41, 5.74) is 3.02. The number of para-hydroxylation sites is 1. The number of hydrogen-bond donors (Lipinski definition) is 1. The van der Waals surface area contributed by atoms with Gasteiger partial charge in [0.25, 0.3) is 5.91 Å². The van der Waals surface area contributed by atoms with E-state index in [-0.39, 0.29) is 11.9 Å². The summed E-state index contributed by atoms with van der Waals surface area (Å²) in [6, 6.07) is 7.73. The number of carbonyl (C=O) groups excluding carboxylic acids is 2. The number of carbonyl (C=O) groups is 2. The van der Waals surface area contributed by atoms with Gasteiger partial charge < -0.3 is 14.6 Å². The van der Waals surface area contributed by atoms with E-state index in [0.29, 0.717) is 29.1 Å². The average Bonchev–Trinajstić information content (AvgIpc) is 3.20. The number of amides is 1. The highest BCUT2D eigenvalue weighted by atomic mass is 32.1. The molecule has 0 aliphatic carbocycles. The molecular weight excluding hydrogens is 362 g/mol. The van der Waals surface area contributed by atoms with Gasteiger partial charge in [0.15, 0.2) is 0 Å². The highest BCUT2D eigenvalue weighted by Gasteiger charge is 2.28. The number of rotatable bonds is 5. The van der Waals surface area contributed by atoms with Crippen LogP contribution in [-0.4, -0.2) is 40.4 Å². The molecule has 2 heterocycles. The lowest BCUT2D eigenvalue weighted by Gasteiger charge is -2.23. The maximum Gasteiger partial charge on any atom is 0.340 e. The third-order valence-electron chi connectivity index (χ3n) is 4.70. The molecule has 1 amide bonds. The van der Waals surface area contributed by atoms with Gasteiger partial charge in [-0.2, -0.15) is 0 Å². The molecule has 0 fully saturated rings. The van der Waals surface area contributed by atoms with Gasteiger partial charge in [0, 0.05) is 12.7 Å². The molecule has 0 bridgehead atoms. The largest absolute Gasteiger partial charge is 0.462 e. The van der Waals surface area contributed by atoms with Crippen LogP contribution in [0.15, 0.2) is 24.3 Å². The third kappa shape index (κ3) is 3.47. The number of hydrogen-bond acceptors (Lipinski definition) is 5. The number of H-pyrrole nitrogens is 1. The van der Waals surface area contributed by atoms with Gasteiger partial charge in [-0.15, -0.1) is 11.3 Å². The Morgan fingerprint density at radius 3 is 2.67 bits per heavy atom. The first-order chi connectivity index (χ1) is 12.8. The zero-order chi connectivity index (χ0) is 19.7. The Morgan fingerprint density at radius 2 is 2.00 bits per heavy atom. The molecule has 27 heavy (non-hydrogen) atoms. The number of ether oxygens (including phenoxy) is 1. The fraction of sp³-hybridized carbons (Fsp3) is 0.350. The molecular formula is C20H23N3O3S. The fourth-order valence-electron chi connectivity index (χ4n) is 3.06. The van der Waals surface area contributed by atoms with Crippen molar-refractivity contribution in [2.24, 2.45) is 0 Å². The molecule has 2 aromatic heterocycles. The number of aromatic nitrogens is 2. The molecule has 0 saturated carbocycles. The SMILES string of the molecule is CCOC(=O)c1c(C)[nH]c(C(=O)N(C)C(C)c2nc3ccccc3s2)c1C. The predicted octanol–water partition coefficient (Wildman–Crippen LogP) is 4.25. The van der Waals surface area contributed by atoms with Gasteiger partial charge in [-0.05, 0) is 45.4 Å². The van der Waals surface area contributed by atoms with Crippen molar-refractivity contribution in [2.45, 2.75) is 33.7 Å². The summed E-state index contributed by atoms with van der Waals surface area (Å²) >= 11 is 1.58. The van der Waals surface area contributed by atoms with E-state index < -0.39 is 5.97 Å². The summed E-state index contributed by atoms with van der Waals surface area (Å²) in [4.78, 5) is 34.6. The minimum atomic E-state index is -0.412. The summed E-state index contributed by atoms with van der Waals surface area (Å²) in [5.74, 6) is -0.595. The number of benzene rings is 1. The summed E-state index contributed by atoms with van der Waals surface area (Å²) in [6.45, 7) is 7.54. The molecule has 6 nitrogen and oxygen atoms in total. The lowest BCUT2D eigenvalue weighted by atomic mass is 10.1. The Balaban J connectivity index is 1.88. The Morgan fingerprint density at radius 1 is 1.30 bits per heavy atom. The number of nitrogens with zero attached hydrogens (tertiary/aromatic N) is 2. The van der Waals surface area contributed by atoms with Crippen LogP contribution in [-0.2, 0) is 4.74 Å². The Hall–Kier alpha value is -2.67. The molecule has 7 heteroatoms. The molecule has 0 spiro atoms. The third-order valence-corrected chi connectivity index (χ3v) is 5.91. The average molecular weight is 385 g/mol. The number of esters is 1. The van der Waals surface area contributed by atoms with Crippen LogP contribution in [0.1, 0.15) is 57.0 Å². The molecule has 0 aliphatic rings. The van der Waals surface area contributed by atoms with E-state index in [0.717, 1.165) is 15.2 Å². The van der Waals surface area contributed by atoms with Gasteiger partial charge in [-0.3, -0.25) is 4.79 Å². The van der Waals surface area contributed by atoms with Crippen LogP contribution in [0.5, 0.6) is 0 Å². The van der Waals surface area contributed by atoms with Crippen LogP contribution in [0, 0.1) is 13.8 Å². The van der Waals surface area contributed by atoms with Crippen molar-refractivity contribution < 1.29 is 14.3 Å². The smallest absolute Gasteiger partial charge is 0.340 e. The summed E-state index contributed by atoms with van der Waals surface area (Å²) < 4.78 is 6.20. The van der Waals surface area contributed by atoms with E-state index in [1.807, 2.05) is 31.2 Å². The van der Waals surface area contributed by atoms with Crippen molar-refractivity contribution in [3.63, 3.8) is 0 Å². The van der Waals surface area contributed by atoms with Gasteiger partial charge >= 0.3 is 5.97 Å². The number of aryl methyl sites for hydroxylation is 1. The van der Waals surface area contributed by atoms with Crippen LogP contribution in [0.3, 0.4) is 0 Å². The highest BCUT2D eigenvalue weighted by molar-refractivity contribution is 7.18. The molecule has 3 rings (SSSR count). The molecule has 0 saturated heterocycles. The van der Waals surface area contributed by atoms with Crippen molar-refractivity contribution in [2.75, 3.05) is 13.7 Å². The Bertz CT molecular complexity index is 972. The number of fused-ring (bicyclic) bond motifs is 1. The first-order valence-electron chi connectivity index (χ1n) is 8.84. The van der Waals surface area contributed by atoms with Gasteiger partial charge in [0.1, 0.15) is 10.7 Å². The quantitative estimate of drug-likeness (QED) is 0.666. The molecule has 142 valence electrons. The summed E-state index contributed by atoms with van der Waals surface area (Å²) in [6.07, 6.45) is 0.